The van der Waals surface area contributed by atoms with Gasteiger partial charge in [-0.3, -0.25) is 4.79 Å². The Labute approximate surface area is 124 Å². The van der Waals surface area contributed by atoms with Gasteiger partial charge in [0.1, 0.15) is 5.75 Å². The molecular weight excluding hydrogens is 272 g/mol. The third-order valence-electron chi connectivity index (χ3n) is 3.77. The van der Waals surface area contributed by atoms with Gasteiger partial charge in [-0.05, 0) is 18.8 Å². The molecule has 1 aromatic carbocycles. The minimum absolute atomic E-state index is 0.187. The maximum Gasteiger partial charge on any atom is 0.255 e. The number of benzene rings is 1. The Morgan fingerprint density at radius 3 is 2.24 bits per heavy atom. The summed E-state index contributed by atoms with van der Waals surface area (Å²) in [5.41, 5.74) is 6.17. The normalized spacial score (nSPS) is 20.4. The van der Waals surface area contributed by atoms with Crippen LogP contribution in [0.1, 0.15) is 23.2 Å². The monoisotopic (exact) mass is 294 g/mol. The highest BCUT2D eigenvalue weighted by atomic mass is 16.5. The third kappa shape index (κ3) is 3.39. The van der Waals surface area contributed by atoms with E-state index in [4.69, 9.17) is 19.9 Å². The Balaban J connectivity index is 2.11. The van der Waals surface area contributed by atoms with E-state index < -0.39 is 0 Å². The number of carbonyl (C=O) groups is 1. The quantitative estimate of drug-likeness (QED) is 0.823. The Hall–Kier alpha value is -1.95. The second kappa shape index (κ2) is 6.67. The van der Waals surface area contributed by atoms with Crippen LogP contribution in [-0.2, 0) is 0 Å². The highest BCUT2D eigenvalue weighted by Crippen LogP contribution is 2.34. The molecular formula is C15H22N2O4. The first-order valence-electron chi connectivity index (χ1n) is 6.92. The highest BCUT2D eigenvalue weighted by Gasteiger charge is 2.26. The summed E-state index contributed by atoms with van der Waals surface area (Å²) in [6.45, 7) is 0.629. The number of carbonyl (C=O) groups excluding carboxylic acids is 1. The molecule has 21 heavy (non-hydrogen) atoms. The first kappa shape index (κ1) is 15.4. The molecule has 0 aromatic heterocycles. The van der Waals surface area contributed by atoms with Crippen LogP contribution in [-0.4, -0.2) is 39.8 Å². The summed E-state index contributed by atoms with van der Waals surface area (Å²) in [4.78, 5) is 12.3. The first-order valence-corrected chi connectivity index (χ1v) is 6.92. The van der Waals surface area contributed by atoms with Gasteiger partial charge in [0, 0.05) is 24.7 Å². The van der Waals surface area contributed by atoms with E-state index in [0.29, 0.717) is 35.3 Å². The van der Waals surface area contributed by atoms with Crippen LogP contribution in [0, 0.1) is 5.92 Å². The summed E-state index contributed by atoms with van der Waals surface area (Å²) in [6, 6.07) is 3.55. The second-order valence-corrected chi connectivity index (χ2v) is 5.22. The Morgan fingerprint density at radius 1 is 1.14 bits per heavy atom. The summed E-state index contributed by atoms with van der Waals surface area (Å²) in [7, 11) is 4.58. The molecule has 0 heterocycles. The lowest BCUT2D eigenvalue weighted by molar-refractivity contribution is 0.0932. The van der Waals surface area contributed by atoms with Crippen LogP contribution in [0.4, 0.5) is 0 Å². The molecule has 1 aromatic rings. The fourth-order valence-electron chi connectivity index (χ4n) is 2.49. The molecule has 0 bridgehead atoms. The van der Waals surface area contributed by atoms with Gasteiger partial charge in [-0.1, -0.05) is 0 Å². The smallest absolute Gasteiger partial charge is 0.255 e. The van der Waals surface area contributed by atoms with E-state index in [2.05, 4.69) is 5.32 Å². The molecule has 1 aliphatic rings. The van der Waals surface area contributed by atoms with E-state index in [1.807, 2.05) is 0 Å². The van der Waals surface area contributed by atoms with E-state index >= 15 is 0 Å². The summed E-state index contributed by atoms with van der Waals surface area (Å²) in [5.74, 6) is 1.75. The molecule has 0 unspecified atom stereocenters. The van der Waals surface area contributed by atoms with Crippen molar-refractivity contribution < 1.29 is 19.0 Å². The van der Waals surface area contributed by atoms with Crippen molar-refractivity contribution in [3.63, 3.8) is 0 Å². The van der Waals surface area contributed by atoms with Crippen molar-refractivity contribution in [3.8, 4) is 17.2 Å². The van der Waals surface area contributed by atoms with Gasteiger partial charge in [0.2, 0.25) is 0 Å². The predicted molar refractivity (Wildman–Crippen MR) is 79.1 cm³/mol. The molecule has 116 valence electrons. The molecule has 3 N–H and O–H groups in total. The first-order chi connectivity index (χ1) is 10.1. The van der Waals surface area contributed by atoms with Gasteiger partial charge in [0.05, 0.1) is 26.9 Å². The van der Waals surface area contributed by atoms with Gasteiger partial charge in [-0.2, -0.15) is 0 Å². The fourth-order valence-corrected chi connectivity index (χ4v) is 2.49. The van der Waals surface area contributed by atoms with Crippen molar-refractivity contribution in [2.75, 3.05) is 27.9 Å². The highest BCUT2D eigenvalue weighted by molar-refractivity contribution is 5.97. The Bertz CT molecular complexity index is 513. The van der Waals surface area contributed by atoms with Crippen LogP contribution < -0.4 is 25.3 Å². The lowest BCUT2D eigenvalue weighted by Crippen LogP contribution is -2.42. The number of nitrogens with two attached hydrogens (primary N) is 1. The minimum Gasteiger partial charge on any atom is -0.496 e. The van der Waals surface area contributed by atoms with Gasteiger partial charge < -0.3 is 25.3 Å². The van der Waals surface area contributed by atoms with Crippen molar-refractivity contribution in [3.05, 3.63) is 17.7 Å². The van der Waals surface area contributed by atoms with Crippen molar-refractivity contribution in [1.29, 1.82) is 0 Å². The summed E-state index contributed by atoms with van der Waals surface area (Å²) in [6.07, 6.45) is 1.92. The maximum absolute atomic E-state index is 12.3. The molecule has 1 aliphatic carbocycles. The zero-order valence-electron chi connectivity index (χ0n) is 12.6. The summed E-state index contributed by atoms with van der Waals surface area (Å²) < 4.78 is 15.7. The Kier molecular flexibility index (Phi) is 4.90. The number of nitrogens with one attached hydrogen (secondary N) is 1. The zero-order chi connectivity index (χ0) is 15.4. The number of methoxy groups -OCH3 is 3. The van der Waals surface area contributed by atoms with Crippen molar-refractivity contribution in [2.45, 2.75) is 18.9 Å². The maximum atomic E-state index is 12.3. The number of ether oxygens (including phenoxy) is 3. The van der Waals surface area contributed by atoms with Gasteiger partial charge in [-0.15, -0.1) is 0 Å². The molecule has 1 saturated carbocycles. The molecule has 0 atom stereocenters. The minimum atomic E-state index is -0.187. The summed E-state index contributed by atoms with van der Waals surface area (Å²) in [5, 5.41) is 2.91. The molecule has 6 heteroatoms. The molecule has 6 nitrogen and oxygen atoms in total. The topological polar surface area (TPSA) is 82.8 Å². The lowest BCUT2D eigenvalue weighted by atomic mass is 9.81. The van der Waals surface area contributed by atoms with Crippen LogP contribution in [0.2, 0.25) is 0 Å². The molecule has 0 spiro atoms. The van der Waals surface area contributed by atoms with E-state index in [1.54, 1.807) is 12.1 Å². The molecule has 0 saturated heterocycles. The van der Waals surface area contributed by atoms with E-state index in [-0.39, 0.29) is 11.9 Å². The van der Waals surface area contributed by atoms with Crippen molar-refractivity contribution in [2.24, 2.45) is 11.7 Å². The van der Waals surface area contributed by atoms with Crippen LogP contribution in [0.5, 0.6) is 17.2 Å². The van der Waals surface area contributed by atoms with Gasteiger partial charge in [-0.25, -0.2) is 0 Å². The van der Waals surface area contributed by atoms with Gasteiger partial charge in [0.25, 0.3) is 5.91 Å². The molecule has 2 rings (SSSR count). The van der Waals surface area contributed by atoms with E-state index in [9.17, 15) is 4.79 Å². The molecule has 1 fully saturated rings. The third-order valence-corrected chi connectivity index (χ3v) is 3.77. The summed E-state index contributed by atoms with van der Waals surface area (Å²) >= 11 is 0. The average molecular weight is 294 g/mol. The predicted octanol–water partition coefficient (Wildman–Crippen LogP) is 1.18. The number of rotatable bonds is 6. The number of hydrogen-bond acceptors (Lipinski definition) is 5. The van der Waals surface area contributed by atoms with Crippen molar-refractivity contribution >= 4 is 5.91 Å². The second-order valence-electron chi connectivity index (χ2n) is 5.22. The fraction of sp³-hybridized carbons (Fsp3) is 0.533. The molecule has 0 aliphatic heterocycles. The van der Waals surface area contributed by atoms with Gasteiger partial charge >= 0.3 is 0 Å². The van der Waals surface area contributed by atoms with E-state index in [1.165, 1.54) is 21.3 Å². The lowest BCUT2D eigenvalue weighted by Gasteiger charge is -2.32. The standard InChI is InChI=1S/C15H22N2O4/c1-19-12-7-14(21-3)13(20-2)6-11(12)15(18)17-8-9-4-10(16)5-9/h6-7,9-10H,4-5,8,16H2,1-3H3,(H,17,18). The van der Waals surface area contributed by atoms with Crippen LogP contribution >= 0.6 is 0 Å². The van der Waals surface area contributed by atoms with Crippen molar-refractivity contribution in [1.82, 2.24) is 5.32 Å². The van der Waals surface area contributed by atoms with E-state index in [0.717, 1.165) is 12.8 Å². The zero-order valence-corrected chi connectivity index (χ0v) is 12.6. The molecule has 0 radical (unpaired) electrons. The van der Waals surface area contributed by atoms with Crippen LogP contribution in [0.25, 0.3) is 0 Å². The average Bonchev–Trinajstić information content (AvgIpc) is 2.48. The van der Waals surface area contributed by atoms with Gasteiger partial charge in [0.15, 0.2) is 11.5 Å². The van der Waals surface area contributed by atoms with Crippen LogP contribution in [0.15, 0.2) is 12.1 Å². The molecule has 1 amide bonds. The number of amides is 1. The SMILES string of the molecule is COc1cc(OC)c(C(=O)NCC2CC(N)C2)cc1OC. The van der Waals surface area contributed by atoms with Crippen LogP contribution in [0.3, 0.4) is 0 Å². The largest absolute Gasteiger partial charge is 0.496 e. The number of hydrogen-bond donors (Lipinski definition) is 2. The Morgan fingerprint density at radius 2 is 1.71 bits per heavy atom.